The molecule has 0 radical (unpaired) electrons. The predicted octanol–water partition coefficient (Wildman–Crippen LogP) is 6.28. The van der Waals surface area contributed by atoms with Crippen LogP contribution in [-0.2, 0) is 28.6 Å². The summed E-state index contributed by atoms with van der Waals surface area (Å²) >= 11 is 4.14. The molecule has 0 unspecified atom stereocenters. The average Bonchev–Trinajstić information content (AvgIpc) is 3.08. The van der Waals surface area contributed by atoms with E-state index in [1.165, 1.54) is 13.8 Å². The topological polar surface area (TPSA) is 54.0 Å². The van der Waals surface area contributed by atoms with E-state index in [9.17, 15) is 4.57 Å². The molecule has 2 aromatic rings. The summed E-state index contributed by atoms with van der Waals surface area (Å²) in [5, 5.41) is 0.557. The van der Waals surface area contributed by atoms with Crippen molar-refractivity contribution in [2.24, 2.45) is 0 Å². The minimum absolute atomic E-state index is 0.151. The summed E-state index contributed by atoms with van der Waals surface area (Å²) in [5.41, 5.74) is -4.12. The lowest BCUT2D eigenvalue weighted by Crippen LogP contribution is -2.41. The second kappa shape index (κ2) is 8.21. The van der Waals surface area contributed by atoms with Gasteiger partial charge >= 0.3 is 20.4 Å². The van der Waals surface area contributed by atoms with Crippen molar-refractivity contribution in [1.82, 2.24) is 0 Å². The third-order valence-corrected chi connectivity index (χ3v) is 9.98. The normalized spacial score (nSPS) is 19.0. The molecule has 1 aliphatic heterocycles. The van der Waals surface area contributed by atoms with Crippen molar-refractivity contribution in [2.75, 3.05) is 13.2 Å². The Bertz CT molecular complexity index is 971. The van der Waals surface area contributed by atoms with Gasteiger partial charge in [0.2, 0.25) is 0 Å². The van der Waals surface area contributed by atoms with Crippen molar-refractivity contribution in [3.63, 3.8) is 0 Å². The van der Waals surface area contributed by atoms with Crippen molar-refractivity contribution in [2.45, 2.75) is 58.4 Å². The van der Waals surface area contributed by atoms with Crippen LogP contribution in [0.2, 0.25) is 0 Å². The van der Waals surface area contributed by atoms with Crippen LogP contribution in [-0.4, -0.2) is 31.5 Å². The third kappa shape index (κ3) is 3.94. The van der Waals surface area contributed by atoms with Gasteiger partial charge in [-0.05, 0) is 69.0 Å². The number of hydrogen-bond donors (Lipinski definition) is 0. The summed E-state index contributed by atoms with van der Waals surface area (Å²) in [6.45, 7) is 10.5. The lowest BCUT2D eigenvalue weighted by Gasteiger charge is -2.32. The summed E-state index contributed by atoms with van der Waals surface area (Å²) in [6.07, 6.45) is 0. The molecule has 0 aliphatic carbocycles. The van der Waals surface area contributed by atoms with E-state index in [1.54, 1.807) is 18.2 Å². The molecule has 166 valence electrons. The fourth-order valence-corrected chi connectivity index (χ4v) is 7.03. The van der Waals surface area contributed by atoms with Gasteiger partial charge in [0.1, 0.15) is 4.88 Å². The van der Waals surface area contributed by atoms with Crippen LogP contribution < -0.4 is 5.46 Å². The SMILES string of the molecule is CCOP(=O)(OCC)C(F)(F)c1sc2ccc(B3OC(C)(C)C(C)(C)O3)cc2c1Br. The molecule has 1 saturated heterocycles. The largest absolute Gasteiger partial charge is 0.494 e. The van der Waals surface area contributed by atoms with E-state index in [0.29, 0.717) is 15.5 Å². The number of hydrogen-bond acceptors (Lipinski definition) is 6. The van der Waals surface area contributed by atoms with E-state index in [2.05, 4.69) is 15.9 Å². The molecule has 3 rings (SSSR count). The van der Waals surface area contributed by atoms with Crippen molar-refractivity contribution < 1.29 is 31.7 Å². The molecular weight excluding hydrogens is 500 g/mol. The van der Waals surface area contributed by atoms with Crippen LogP contribution in [0.15, 0.2) is 22.7 Å². The van der Waals surface area contributed by atoms with Gasteiger partial charge in [0.25, 0.3) is 0 Å². The second-order valence-corrected chi connectivity index (χ2v) is 11.9. The van der Waals surface area contributed by atoms with Gasteiger partial charge in [0.15, 0.2) is 0 Å². The van der Waals surface area contributed by atoms with Crippen molar-refractivity contribution in [3.8, 4) is 0 Å². The maximum atomic E-state index is 15.3. The average molecular weight is 525 g/mol. The van der Waals surface area contributed by atoms with E-state index < -0.39 is 36.5 Å². The van der Waals surface area contributed by atoms with Crippen molar-refractivity contribution in [1.29, 1.82) is 0 Å². The second-order valence-electron chi connectivity index (χ2n) is 7.96. The highest BCUT2D eigenvalue weighted by atomic mass is 79.9. The third-order valence-electron chi connectivity index (χ3n) is 5.39. The molecule has 0 bridgehead atoms. The van der Waals surface area contributed by atoms with Crippen LogP contribution in [0.5, 0.6) is 0 Å². The van der Waals surface area contributed by atoms with Gasteiger partial charge in [0, 0.05) is 14.6 Å². The van der Waals surface area contributed by atoms with Gasteiger partial charge in [-0.2, -0.15) is 8.78 Å². The smallest absolute Gasteiger partial charge is 0.399 e. The first kappa shape index (κ1) is 24.3. The maximum absolute atomic E-state index is 15.3. The lowest BCUT2D eigenvalue weighted by molar-refractivity contribution is 0.00578. The minimum atomic E-state index is -4.70. The molecule has 1 fully saturated rings. The summed E-state index contributed by atoms with van der Waals surface area (Å²) < 4.78 is 66.2. The molecule has 0 atom stereocenters. The maximum Gasteiger partial charge on any atom is 0.494 e. The molecule has 1 aliphatic rings. The Morgan fingerprint density at radius 3 is 2.17 bits per heavy atom. The molecule has 30 heavy (non-hydrogen) atoms. The van der Waals surface area contributed by atoms with Crippen molar-refractivity contribution >= 4 is 57.5 Å². The van der Waals surface area contributed by atoms with E-state index in [-0.39, 0.29) is 17.7 Å². The Labute approximate surface area is 188 Å². The highest BCUT2D eigenvalue weighted by Gasteiger charge is 2.57. The Kier molecular flexibility index (Phi) is 6.65. The summed E-state index contributed by atoms with van der Waals surface area (Å²) in [6, 6.07) is 5.28. The van der Waals surface area contributed by atoms with Crippen LogP contribution in [0.25, 0.3) is 10.1 Å². The van der Waals surface area contributed by atoms with Crippen LogP contribution in [0.3, 0.4) is 0 Å². The molecule has 1 aromatic carbocycles. The summed E-state index contributed by atoms with van der Waals surface area (Å²) in [5.74, 6) is 0. The van der Waals surface area contributed by atoms with Crippen LogP contribution in [0.4, 0.5) is 8.78 Å². The molecule has 0 spiro atoms. The van der Waals surface area contributed by atoms with E-state index in [0.717, 1.165) is 11.3 Å². The molecule has 11 heteroatoms. The van der Waals surface area contributed by atoms with E-state index in [4.69, 9.17) is 18.4 Å². The number of thiophene rings is 1. The monoisotopic (exact) mass is 524 g/mol. The highest BCUT2D eigenvalue weighted by Crippen LogP contribution is 2.69. The van der Waals surface area contributed by atoms with Gasteiger partial charge < -0.3 is 18.4 Å². The van der Waals surface area contributed by atoms with Crippen molar-refractivity contribution in [3.05, 3.63) is 27.5 Å². The first-order chi connectivity index (χ1) is 13.8. The van der Waals surface area contributed by atoms with E-state index >= 15 is 8.78 Å². The fourth-order valence-electron chi connectivity index (χ4n) is 3.07. The van der Waals surface area contributed by atoms with Gasteiger partial charge in [-0.1, -0.05) is 12.1 Å². The molecule has 0 N–H and O–H groups in total. The Hall–Kier alpha value is -0.345. The summed E-state index contributed by atoms with van der Waals surface area (Å²) in [7, 11) is -5.31. The molecule has 0 amide bonds. The van der Waals surface area contributed by atoms with Gasteiger partial charge in [-0.25, -0.2) is 0 Å². The first-order valence-electron chi connectivity index (χ1n) is 9.64. The lowest BCUT2D eigenvalue weighted by atomic mass is 9.79. The van der Waals surface area contributed by atoms with Gasteiger partial charge in [0.05, 0.1) is 24.4 Å². The first-order valence-corrected chi connectivity index (χ1v) is 12.8. The Balaban J connectivity index is 2.04. The predicted molar refractivity (Wildman–Crippen MR) is 120 cm³/mol. The molecule has 5 nitrogen and oxygen atoms in total. The number of fused-ring (bicyclic) bond motifs is 1. The zero-order valence-corrected chi connectivity index (χ0v) is 21.1. The Morgan fingerprint density at radius 1 is 1.13 bits per heavy atom. The van der Waals surface area contributed by atoms with Gasteiger partial charge in [-0.15, -0.1) is 11.3 Å². The molecular formula is C19H25BBrF2O5PS. The summed E-state index contributed by atoms with van der Waals surface area (Å²) in [4.78, 5) is -0.395. The number of rotatable bonds is 7. The molecule has 1 aromatic heterocycles. The van der Waals surface area contributed by atoms with Gasteiger partial charge in [-0.3, -0.25) is 4.57 Å². The quantitative estimate of drug-likeness (QED) is 0.315. The van der Waals surface area contributed by atoms with Crippen LogP contribution in [0, 0.1) is 0 Å². The highest BCUT2D eigenvalue weighted by molar-refractivity contribution is 9.10. The fraction of sp³-hybridized carbons (Fsp3) is 0.579. The standard InChI is InChI=1S/C19H25BBrF2O5PS/c1-7-25-29(24,26-8-2)19(22,23)16-15(21)13-11-12(9-10-14(13)30-16)20-27-17(3,4)18(5,6)28-20/h9-11H,7-8H2,1-6H3. The minimum Gasteiger partial charge on any atom is -0.399 e. The zero-order chi connectivity index (χ0) is 22.5. The van der Waals surface area contributed by atoms with Crippen LogP contribution >= 0.6 is 34.9 Å². The molecule has 0 saturated carbocycles. The number of alkyl halides is 2. The van der Waals surface area contributed by atoms with E-state index in [1.807, 2.05) is 27.7 Å². The Morgan fingerprint density at radius 2 is 1.67 bits per heavy atom. The molecule has 2 heterocycles. The number of benzene rings is 1. The number of halogens is 3. The van der Waals surface area contributed by atoms with Crippen LogP contribution in [0.1, 0.15) is 46.4 Å². The zero-order valence-electron chi connectivity index (χ0n) is 17.8.